The minimum atomic E-state index is -1.01. The van der Waals surface area contributed by atoms with Gasteiger partial charge in [0, 0.05) is 56.3 Å². The normalized spacial score (nSPS) is 16.6. The molecule has 1 N–H and O–H groups in total. The summed E-state index contributed by atoms with van der Waals surface area (Å²) in [5, 5.41) is 13.9. The maximum atomic E-state index is 13.7. The second kappa shape index (κ2) is 9.70. The van der Waals surface area contributed by atoms with Crippen LogP contribution in [-0.2, 0) is 6.42 Å². The van der Waals surface area contributed by atoms with Crippen molar-refractivity contribution >= 4 is 23.5 Å². The number of hydrogen-bond acceptors (Lipinski definition) is 6. The summed E-state index contributed by atoms with van der Waals surface area (Å²) in [5.74, 6) is -0.335. The van der Waals surface area contributed by atoms with Crippen LogP contribution in [0.1, 0.15) is 75.9 Å². The van der Waals surface area contributed by atoms with Crippen molar-refractivity contribution in [2.45, 2.75) is 45.6 Å². The summed E-state index contributed by atoms with van der Waals surface area (Å²) >= 11 is 0. The lowest BCUT2D eigenvalue weighted by Gasteiger charge is -2.43. The Labute approximate surface area is 222 Å². The minimum Gasteiger partial charge on any atom is -0.478 e. The highest BCUT2D eigenvalue weighted by molar-refractivity contribution is 5.98. The van der Waals surface area contributed by atoms with Crippen LogP contribution in [0.15, 0.2) is 42.6 Å². The molecule has 0 saturated carbocycles. The molecule has 5 rings (SSSR count). The van der Waals surface area contributed by atoms with E-state index in [4.69, 9.17) is 0 Å². The minimum absolute atomic E-state index is 0.0866. The molecule has 38 heavy (non-hydrogen) atoms. The summed E-state index contributed by atoms with van der Waals surface area (Å²) in [5.41, 5.74) is 3.49. The van der Waals surface area contributed by atoms with Crippen molar-refractivity contribution in [3.05, 3.63) is 65.0 Å². The molecule has 1 amide bonds. The van der Waals surface area contributed by atoms with E-state index in [0.717, 1.165) is 30.5 Å². The van der Waals surface area contributed by atoms with Crippen LogP contribution in [0.2, 0.25) is 0 Å². The molecule has 1 aromatic carbocycles. The lowest BCUT2D eigenvalue weighted by molar-refractivity contribution is 0.0516. The number of pyridine rings is 1. The van der Waals surface area contributed by atoms with Gasteiger partial charge in [0.2, 0.25) is 0 Å². The van der Waals surface area contributed by atoms with Crippen molar-refractivity contribution in [2.24, 2.45) is 5.41 Å². The number of Topliss-reactive ketones (excluding diaryl/α,β-unsaturated/α-hetero) is 1. The Balaban J connectivity index is 1.37. The molecular formula is C29H33N5O4. The van der Waals surface area contributed by atoms with Crippen LogP contribution in [0.25, 0.3) is 11.3 Å². The largest absolute Gasteiger partial charge is 0.478 e. The standard InChI is InChI=1S/C29H33N5O4/c1-18(2)34-26-22(17-30-34)15-29(16-24(26)35)8-10-33(11-9-29)27(36)21-13-23(31-25(14-21)32(3)4)19-6-5-7-20(12-19)28(37)38/h5-7,12-14,17-18H,8-11,15-16H2,1-4H3,(H,37,38). The molecule has 0 atom stereocenters. The second-order valence-electron chi connectivity index (χ2n) is 11.0. The number of carbonyl (C=O) groups is 3. The van der Waals surface area contributed by atoms with Crippen molar-refractivity contribution < 1.29 is 19.5 Å². The number of aromatic carboxylic acids is 1. The first-order valence-corrected chi connectivity index (χ1v) is 13.0. The average Bonchev–Trinajstić information content (AvgIpc) is 3.33. The van der Waals surface area contributed by atoms with Gasteiger partial charge in [0.15, 0.2) is 5.78 Å². The third-order valence-electron chi connectivity index (χ3n) is 7.76. The number of aromatic nitrogens is 3. The number of likely N-dealkylation sites (tertiary alicyclic amines) is 1. The Kier molecular flexibility index (Phi) is 6.54. The number of benzene rings is 1. The van der Waals surface area contributed by atoms with Gasteiger partial charge in [-0.2, -0.15) is 5.10 Å². The fourth-order valence-corrected chi connectivity index (χ4v) is 5.66. The second-order valence-corrected chi connectivity index (χ2v) is 11.0. The number of anilines is 1. The van der Waals surface area contributed by atoms with Gasteiger partial charge in [-0.15, -0.1) is 0 Å². The van der Waals surface area contributed by atoms with Crippen LogP contribution in [0.5, 0.6) is 0 Å². The third kappa shape index (κ3) is 4.68. The van der Waals surface area contributed by atoms with Gasteiger partial charge < -0.3 is 14.9 Å². The maximum Gasteiger partial charge on any atom is 0.335 e. The molecule has 1 spiro atoms. The molecule has 2 aromatic heterocycles. The fourth-order valence-electron chi connectivity index (χ4n) is 5.66. The average molecular weight is 516 g/mol. The molecule has 1 saturated heterocycles. The highest BCUT2D eigenvalue weighted by atomic mass is 16.4. The van der Waals surface area contributed by atoms with Crippen molar-refractivity contribution in [2.75, 3.05) is 32.1 Å². The van der Waals surface area contributed by atoms with E-state index in [1.165, 1.54) is 6.07 Å². The first-order valence-electron chi connectivity index (χ1n) is 13.0. The highest BCUT2D eigenvalue weighted by Crippen LogP contribution is 2.44. The summed E-state index contributed by atoms with van der Waals surface area (Å²) in [6, 6.07) is 10.2. The Morgan fingerprint density at radius 3 is 2.45 bits per heavy atom. The zero-order valence-electron chi connectivity index (χ0n) is 22.3. The molecule has 198 valence electrons. The van der Waals surface area contributed by atoms with Gasteiger partial charge in [0.05, 0.1) is 17.5 Å². The van der Waals surface area contributed by atoms with Gasteiger partial charge in [-0.3, -0.25) is 14.3 Å². The Hall–Kier alpha value is -4.01. The third-order valence-corrected chi connectivity index (χ3v) is 7.76. The summed E-state index contributed by atoms with van der Waals surface area (Å²) in [6.07, 6.45) is 4.66. The number of carboxylic acids is 1. The molecular weight excluding hydrogens is 482 g/mol. The summed E-state index contributed by atoms with van der Waals surface area (Å²) < 4.78 is 1.83. The number of piperidine rings is 1. The van der Waals surface area contributed by atoms with Gasteiger partial charge in [-0.1, -0.05) is 12.1 Å². The molecule has 1 aliphatic carbocycles. The SMILES string of the molecule is CC(C)n1ncc2c1C(=O)CC1(CCN(C(=O)c3cc(-c4cccc(C(=O)O)c4)nc(N(C)C)c3)CC1)C2. The van der Waals surface area contributed by atoms with Crippen LogP contribution in [0.4, 0.5) is 5.82 Å². The Morgan fingerprint density at radius 2 is 1.79 bits per heavy atom. The van der Waals surface area contributed by atoms with Crippen molar-refractivity contribution in [3.63, 3.8) is 0 Å². The lowest BCUT2D eigenvalue weighted by Crippen LogP contribution is -2.46. The quantitative estimate of drug-likeness (QED) is 0.538. The number of amides is 1. The summed E-state index contributed by atoms with van der Waals surface area (Å²) in [6.45, 7) is 5.21. The van der Waals surface area contributed by atoms with Gasteiger partial charge in [-0.05, 0) is 62.8 Å². The number of hydrogen-bond donors (Lipinski definition) is 1. The van der Waals surface area contributed by atoms with E-state index in [-0.39, 0.29) is 28.7 Å². The number of ketones is 1. The van der Waals surface area contributed by atoms with E-state index in [1.807, 2.05) is 48.6 Å². The lowest BCUT2D eigenvalue weighted by atomic mass is 9.67. The van der Waals surface area contributed by atoms with Gasteiger partial charge in [0.25, 0.3) is 5.91 Å². The summed E-state index contributed by atoms with van der Waals surface area (Å²) in [4.78, 5) is 46.6. The van der Waals surface area contributed by atoms with E-state index in [9.17, 15) is 19.5 Å². The number of carbonyl (C=O) groups excluding carboxylic acids is 2. The van der Waals surface area contributed by atoms with Crippen LogP contribution in [0.3, 0.4) is 0 Å². The van der Waals surface area contributed by atoms with E-state index in [1.54, 1.807) is 30.3 Å². The van der Waals surface area contributed by atoms with Crippen LogP contribution >= 0.6 is 0 Å². The monoisotopic (exact) mass is 515 g/mol. The number of rotatable bonds is 5. The predicted molar refractivity (Wildman–Crippen MR) is 144 cm³/mol. The fraction of sp³-hybridized carbons (Fsp3) is 0.414. The maximum absolute atomic E-state index is 13.7. The summed E-state index contributed by atoms with van der Waals surface area (Å²) in [7, 11) is 3.71. The topological polar surface area (TPSA) is 109 Å². The van der Waals surface area contributed by atoms with Crippen LogP contribution < -0.4 is 4.90 Å². The Morgan fingerprint density at radius 1 is 1.05 bits per heavy atom. The zero-order valence-corrected chi connectivity index (χ0v) is 22.3. The van der Waals surface area contributed by atoms with Crippen LogP contribution in [-0.4, -0.2) is 69.6 Å². The number of carboxylic acid groups (broad SMARTS) is 1. The predicted octanol–water partition coefficient (Wildman–Crippen LogP) is 4.34. The van der Waals surface area contributed by atoms with E-state index < -0.39 is 5.97 Å². The number of fused-ring (bicyclic) bond motifs is 1. The molecule has 1 aliphatic heterocycles. The first-order chi connectivity index (χ1) is 18.1. The molecule has 9 nitrogen and oxygen atoms in total. The van der Waals surface area contributed by atoms with Gasteiger partial charge in [0.1, 0.15) is 11.5 Å². The molecule has 1 fully saturated rings. The smallest absolute Gasteiger partial charge is 0.335 e. The highest BCUT2D eigenvalue weighted by Gasteiger charge is 2.43. The Bertz CT molecular complexity index is 1420. The molecule has 0 radical (unpaired) electrons. The molecule has 9 heteroatoms. The molecule has 0 bridgehead atoms. The van der Waals surface area contributed by atoms with Crippen molar-refractivity contribution in [1.82, 2.24) is 19.7 Å². The van der Waals surface area contributed by atoms with Gasteiger partial charge in [-0.25, -0.2) is 9.78 Å². The van der Waals surface area contributed by atoms with E-state index in [0.29, 0.717) is 42.1 Å². The van der Waals surface area contributed by atoms with Crippen molar-refractivity contribution in [3.8, 4) is 11.3 Å². The first kappa shape index (κ1) is 25.6. The molecule has 2 aliphatic rings. The van der Waals surface area contributed by atoms with E-state index in [2.05, 4.69) is 10.1 Å². The molecule has 0 unspecified atom stereocenters. The van der Waals surface area contributed by atoms with Gasteiger partial charge >= 0.3 is 5.97 Å². The zero-order chi connectivity index (χ0) is 27.2. The van der Waals surface area contributed by atoms with Crippen molar-refractivity contribution in [1.29, 1.82) is 0 Å². The number of nitrogens with zero attached hydrogens (tertiary/aromatic N) is 5. The molecule has 3 heterocycles. The molecule has 3 aromatic rings. The van der Waals surface area contributed by atoms with Crippen LogP contribution in [0, 0.1) is 5.41 Å². The van der Waals surface area contributed by atoms with E-state index >= 15 is 0 Å².